The molecule has 1 aromatic carbocycles. The van der Waals surface area contributed by atoms with Gasteiger partial charge in [-0.25, -0.2) is 9.18 Å². The summed E-state index contributed by atoms with van der Waals surface area (Å²) in [5.74, 6) is -2.14. The molecule has 4 nitrogen and oxygen atoms in total. The minimum Gasteiger partial charge on any atom is -0.478 e. The molecule has 0 spiro atoms. The van der Waals surface area contributed by atoms with Crippen LogP contribution in [-0.2, 0) is 11.0 Å². The van der Waals surface area contributed by atoms with Crippen molar-refractivity contribution in [2.75, 3.05) is 6.66 Å². The second-order valence-corrected chi connectivity index (χ2v) is 5.70. The molecule has 0 saturated carbocycles. The third kappa shape index (κ3) is 2.31. The van der Waals surface area contributed by atoms with Gasteiger partial charge in [-0.15, -0.1) is 0 Å². The van der Waals surface area contributed by atoms with Crippen molar-refractivity contribution in [2.45, 2.75) is 13.3 Å². The number of rotatable bonds is 3. The quantitative estimate of drug-likeness (QED) is 0.794. The van der Waals surface area contributed by atoms with Gasteiger partial charge in [0.15, 0.2) is 0 Å². The summed E-state index contributed by atoms with van der Waals surface area (Å²) >= 11 is 0. The zero-order valence-corrected chi connectivity index (χ0v) is 9.79. The molecular formula is C10H12FO4P. The number of halogens is 1. The number of hydrogen-bond donors (Lipinski definition) is 2. The summed E-state index contributed by atoms with van der Waals surface area (Å²) in [4.78, 5) is 20.1. The van der Waals surface area contributed by atoms with Crippen LogP contribution in [0.2, 0.25) is 0 Å². The summed E-state index contributed by atoms with van der Waals surface area (Å²) < 4.78 is 25.1. The Kier molecular flexibility index (Phi) is 3.51. The highest BCUT2D eigenvalue weighted by atomic mass is 31.2. The molecule has 0 aliphatic heterocycles. The van der Waals surface area contributed by atoms with Crippen molar-refractivity contribution in [3.05, 3.63) is 29.1 Å². The average Bonchev–Trinajstić information content (AvgIpc) is 2.14. The Morgan fingerprint density at radius 2 is 2.06 bits per heavy atom. The predicted molar refractivity (Wildman–Crippen MR) is 58.1 cm³/mol. The van der Waals surface area contributed by atoms with E-state index in [1.165, 1.54) is 0 Å². The van der Waals surface area contributed by atoms with Gasteiger partial charge in [0.2, 0.25) is 7.37 Å². The van der Waals surface area contributed by atoms with Crippen LogP contribution in [0.3, 0.4) is 0 Å². The van der Waals surface area contributed by atoms with Crippen LogP contribution in [0.5, 0.6) is 0 Å². The topological polar surface area (TPSA) is 74.6 Å². The van der Waals surface area contributed by atoms with Gasteiger partial charge in [0.1, 0.15) is 5.82 Å². The molecule has 88 valence electrons. The van der Waals surface area contributed by atoms with Crippen molar-refractivity contribution in [3.63, 3.8) is 0 Å². The molecule has 1 atom stereocenters. The van der Waals surface area contributed by atoms with Crippen LogP contribution in [-0.4, -0.2) is 22.6 Å². The monoisotopic (exact) mass is 246 g/mol. The standard InChI is InChI=1S/C10H12FO4P/c1-3-6-7(10(12)13)4-5-8(9(6)11)16(2,14)15/h4-5H,3H2,1-2H3,(H,12,13)(H,14,15). The fourth-order valence-corrected chi connectivity index (χ4v) is 2.33. The van der Waals surface area contributed by atoms with Crippen molar-refractivity contribution >= 4 is 18.6 Å². The fourth-order valence-electron chi connectivity index (χ4n) is 1.48. The molecule has 0 radical (unpaired) electrons. The Hall–Kier alpha value is -1.19. The number of carbonyl (C=O) groups is 1. The Labute approximate surface area is 92.2 Å². The van der Waals surface area contributed by atoms with Crippen molar-refractivity contribution in [2.24, 2.45) is 0 Å². The lowest BCUT2D eigenvalue weighted by Gasteiger charge is -2.12. The molecular weight excluding hydrogens is 234 g/mol. The number of carboxylic acids is 1. The first-order valence-electron chi connectivity index (χ1n) is 4.64. The molecule has 0 fully saturated rings. The van der Waals surface area contributed by atoms with Crippen molar-refractivity contribution in [1.82, 2.24) is 0 Å². The van der Waals surface area contributed by atoms with Crippen LogP contribution in [0.1, 0.15) is 22.8 Å². The average molecular weight is 246 g/mol. The zero-order valence-electron chi connectivity index (χ0n) is 8.90. The number of aromatic carboxylic acids is 1. The van der Waals surface area contributed by atoms with Gasteiger partial charge in [-0.3, -0.25) is 4.57 Å². The number of carboxylic acid groups (broad SMARTS) is 1. The summed E-state index contributed by atoms with van der Waals surface area (Å²) in [7, 11) is -3.71. The first-order chi connectivity index (χ1) is 7.29. The lowest BCUT2D eigenvalue weighted by molar-refractivity contribution is 0.0695. The van der Waals surface area contributed by atoms with Crippen LogP contribution in [0.25, 0.3) is 0 Å². The minimum atomic E-state index is -3.71. The molecule has 1 rings (SSSR count). The van der Waals surface area contributed by atoms with Crippen LogP contribution >= 0.6 is 7.37 Å². The first-order valence-corrected chi connectivity index (χ1v) is 6.75. The number of hydrogen-bond acceptors (Lipinski definition) is 2. The zero-order chi connectivity index (χ0) is 12.5. The highest BCUT2D eigenvalue weighted by Crippen LogP contribution is 2.36. The maximum Gasteiger partial charge on any atom is 0.336 e. The molecule has 16 heavy (non-hydrogen) atoms. The SMILES string of the molecule is CCc1c(C(=O)O)ccc(P(C)(=O)O)c1F. The third-order valence-electron chi connectivity index (χ3n) is 2.25. The van der Waals surface area contributed by atoms with E-state index in [0.29, 0.717) is 0 Å². The van der Waals surface area contributed by atoms with E-state index >= 15 is 0 Å². The van der Waals surface area contributed by atoms with E-state index in [1.54, 1.807) is 6.92 Å². The van der Waals surface area contributed by atoms with Crippen LogP contribution in [0.4, 0.5) is 4.39 Å². The molecule has 0 heterocycles. The van der Waals surface area contributed by atoms with Crippen LogP contribution < -0.4 is 5.30 Å². The Morgan fingerprint density at radius 1 is 1.50 bits per heavy atom. The second kappa shape index (κ2) is 4.36. The summed E-state index contributed by atoms with van der Waals surface area (Å²) in [6, 6.07) is 2.21. The predicted octanol–water partition coefficient (Wildman–Crippen LogP) is 1.61. The van der Waals surface area contributed by atoms with Gasteiger partial charge >= 0.3 is 5.97 Å². The highest BCUT2D eigenvalue weighted by Gasteiger charge is 2.24. The third-order valence-corrected chi connectivity index (χ3v) is 3.49. The van der Waals surface area contributed by atoms with Gasteiger partial charge in [0.25, 0.3) is 0 Å². The molecule has 0 bridgehead atoms. The van der Waals surface area contributed by atoms with E-state index in [0.717, 1.165) is 18.8 Å². The van der Waals surface area contributed by atoms with Crippen molar-refractivity contribution in [1.29, 1.82) is 0 Å². The Bertz CT molecular complexity index is 478. The van der Waals surface area contributed by atoms with Crippen LogP contribution in [0, 0.1) is 5.82 Å². The largest absolute Gasteiger partial charge is 0.478 e. The molecule has 0 aromatic heterocycles. The van der Waals surface area contributed by atoms with Gasteiger partial charge in [0, 0.05) is 12.2 Å². The lowest BCUT2D eigenvalue weighted by atomic mass is 10.0. The molecule has 6 heteroatoms. The van der Waals surface area contributed by atoms with E-state index in [1.807, 2.05) is 0 Å². The van der Waals surface area contributed by atoms with E-state index in [9.17, 15) is 18.6 Å². The molecule has 1 unspecified atom stereocenters. The second-order valence-electron chi connectivity index (χ2n) is 3.46. The van der Waals surface area contributed by atoms with Gasteiger partial charge in [0.05, 0.1) is 10.9 Å². The molecule has 0 saturated heterocycles. The lowest BCUT2D eigenvalue weighted by Crippen LogP contribution is -2.15. The minimum absolute atomic E-state index is 0.0406. The Morgan fingerprint density at radius 3 is 2.44 bits per heavy atom. The molecule has 0 aliphatic rings. The summed E-state index contributed by atoms with van der Waals surface area (Å²) in [5, 5.41) is 8.49. The number of benzene rings is 1. The Balaban J connectivity index is 3.53. The summed E-state index contributed by atoms with van der Waals surface area (Å²) in [6.07, 6.45) is 0.154. The van der Waals surface area contributed by atoms with Gasteiger partial charge < -0.3 is 10.00 Å². The molecule has 2 N–H and O–H groups in total. The van der Waals surface area contributed by atoms with E-state index in [4.69, 9.17) is 5.11 Å². The highest BCUT2D eigenvalue weighted by molar-refractivity contribution is 7.65. The van der Waals surface area contributed by atoms with Gasteiger partial charge in [-0.2, -0.15) is 0 Å². The molecule has 0 aliphatic carbocycles. The summed E-state index contributed by atoms with van der Waals surface area (Å²) in [6.45, 7) is 2.61. The molecule has 1 aromatic rings. The van der Waals surface area contributed by atoms with E-state index in [-0.39, 0.29) is 22.9 Å². The first kappa shape index (κ1) is 12.9. The van der Waals surface area contributed by atoms with Crippen molar-refractivity contribution < 1.29 is 23.7 Å². The smallest absolute Gasteiger partial charge is 0.336 e. The van der Waals surface area contributed by atoms with E-state index < -0.39 is 19.2 Å². The summed E-state index contributed by atoms with van der Waals surface area (Å²) in [5.41, 5.74) is -0.210. The van der Waals surface area contributed by atoms with Crippen molar-refractivity contribution in [3.8, 4) is 0 Å². The van der Waals surface area contributed by atoms with E-state index in [2.05, 4.69) is 0 Å². The molecule has 0 amide bonds. The van der Waals surface area contributed by atoms with Gasteiger partial charge in [-0.05, 0) is 18.6 Å². The maximum atomic E-state index is 13.8. The van der Waals surface area contributed by atoms with Gasteiger partial charge in [-0.1, -0.05) is 6.92 Å². The fraction of sp³-hybridized carbons (Fsp3) is 0.300. The maximum absolute atomic E-state index is 13.8. The van der Waals surface area contributed by atoms with Crippen LogP contribution in [0.15, 0.2) is 12.1 Å². The normalized spacial score (nSPS) is 14.5.